The highest BCUT2D eigenvalue weighted by Gasteiger charge is 2.45. The van der Waals surface area contributed by atoms with Crippen LogP contribution in [0.5, 0.6) is 0 Å². The minimum absolute atomic E-state index is 0.0187. The molecule has 5 heteroatoms. The van der Waals surface area contributed by atoms with Crippen LogP contribution in [0.2, 0.25) is 0 Å². The van der Waals surface area contributed by atoms with E-state index in [1.54, 1.807) is 0 Å². The molecule has 4 nitrogen and oxygen atoms in total. The zero-order valence-electron chi connectivity index (χ0n) is 62.9. The second-order valence-corrected chi connectivity index (χ2v) is 38.6. The van der Waals surface area contributed by atoms with E-state index in [0.717, 1.165) is 33.9 Å². The monoisotopic (exact) mass is 1260 g/mol. The summed E-state index contributed by atoms with van der Waals surface area (Å²) in [5, 5.41) is 5.66. The Kier molecular flexibility index (Phi) is 15.1. The van der Waals surface area contributed by atoms with Gasteiger partial charge in [0.2, 0.25) is 0 Å². The minimum atomic E-state index is -0.136. The average Bonchev–Trinajstić information content (AvgIpc) is 1.54. The molecule has 14 rings (SSSR count). The molecule has 2 aliphatic heterocycles. The molecule has 4 aliphatic rings. The van der Waals surface area contributed by atoms with Gasteiger partial charge in [-0.15, -0.1) is 0 Å². The summed E-state index contributed by atoms with van der Waals surface area (Å²) in [6, 6.07) is 43.5. The third-order valence-electron chi connectivity index (χ3n) is 23.0. The van der Waals surface area contributed by atoms with Crippen molar-refractivity contribution in [1.29, 1.82) is 0 Å². The lowest BCUT2D eigenvalue weighted by Crippen LogP contribution is -2.59. The minimum Gasteiger partial charge on any atom is -0.310 e. The topological polar surface area (TPSA) is 35.6 Å². The summed E-state index contributed by atoms with van der Waals surface area (Å²) in [6.45, 7) is 57.4. The Morgan fingerprint density at radius 3 is 0.968 bits per heavy atom. The third kappa shape index (κ3) is 11.3. The lowest BCUT2D eigenvalue weighted by atomic mass is 9.34. The van der Waals surface area contributed by atoms with Crippen LogP contribution in [-0.2, 0) is 43.3 Å². The van der Waals surface area contributed by atoms with Crippen molar-refractivity contribution >= 4 is 66.7 Å². The van der Waals surface area contributed by atoms with Crippen LogP contribution in [0.1, 0.15) is 298 Å². The van der Waals surface area contributed by atoms with Gasteiger partial charge < -0.3 is 9.13 Å². The van der Waals surface area contributed by atoms with Gasteiger partial charge in [-0.05, 0) is 220 Å². The second kappa shape index (κ2) is 21.9. The molecule has 2 aliphatic carbocycles. The van der Waals surface area contributed by atoms with Crippen LogP contribution < -0.4 is 16.4 Å². The fourth-order valence-corrected chi connectivity index (χ4v) is 17.0. The smallest absolute Gasteiger partial charge is 0.252 e. The Morgan fingerprint density at radius 2 is 0.653 bits per heavy atom. The van der Waals surface area contributed by atoms with Crippen molar-refractivity contribution in [2.75, 3.05) is 0 Å². The highest BCUT2D eigenvalue weighted by Crippen LogP contribution is 2.50. The molecule has 3 aromatic heterocycles. The fourth-order valence-electron chi connectivity index (χ4n) is 17.0. The van der Waals surface area contributed by atoms with Crippen LogP contribution in [-0.4, -0.2) is 25.8 Å². The lowest BCUT2D eigenvalue weighted by molar-refractivity contribution is 0.444. The van der Waals surface area contributed by atoms with Crippen LogP contribution in [0.4, 0.5) is 0 Å². The molecule has 0 atom stereocenters. The molecular formula is C90H111BN4. The SMILES string of the molecule is CC(C)(C)c1cc(-c2cc(-c3cc(C(C)(C)C)cc(C(C)(C)C)c3)nc(-c3cc4c5c(c3)-n3c6cc(C(C)(C)C)cc(C(C)(C)C)c6c6cc(C7CCCCC7)cc(c63)B5c3cc(C5CCCCC5)cc5c6c(C(C)(C)C)cc(C(C)(C)C)cc6n-4c35)n2)cc(C(C)(C)C)c1. The molecule has 0 saturated heterocycles. The van der Waals surface area contributed by atoms with Gasteiger partial charge in [0.15, 0.2) is 5.82 Å². The van der Waals surface area contributed by atoms with E-state index in [9.17, 15) is 0 Å². The standard InChI is InChI=1S/C90H111BN4/c1-83(2,3)59-35-56(36-60(45-59)84(4,5)6)71-51-72(57-37-61(85(7,8)9)46-62(38-57)86(10,11)12)93-82(92-71)58-43-75-79-76(44-58)95-74-50-64(88(16,17)18)48-68(90(22,23)24)78(74)66-40-55(53-33-29-26-30-34-53)42-70(81(66)95)91(79)69-41-54(52-31-27-25-28-32-52)39-65-77-67(89(19,20)21)47-63(87(13,14)15)49-73(77)94(75)80(65)69/h35-53H,25-34H2,1-24H3. The summed E-state index contributed by atoms with van der Waals surface area (Å²) < 4.78 is 5.59. The molecule has 95 heavy (non-hydrogen) atoms. The fraction of sp³-hybridized carbons (Fsp3) is 0.489. The van der Waals surface area contributed by atoms with E-state index in [1.165, 1.54) is 191 Å². The van der Waals surface area contributed by atoms with Crippen molar-refractivity contribution in [3.63, 3.8) is 0 Å². The van der Waals surface area contributed by atoms with Gasteiger partial charge in [0, 0.05) is 60.6 Å². The largest absolute Gasteiger partial charge is 0.310 e. The molecule has 0 bridgehead atoms. The van der Waals surface area contributed by atoms with Crippen molar-refractivity contribution in [1.82, 2.24) is 19.1 Å². The number of hydrogen-bond donors (Lipinski definition) is 0. The predicted molar refractivity (Wildman–Crippen MR) is 413 cm³/mol. The van der Waals surface area contributed by atoms with Crippen LogP contribution in [0.25, 0.3) is 88.9 Å². The Balaban J connectivity index is 1.21. The van der Waals surface area contributed by atoms with E-state index < -0.39 is 0 Å². The highest BCUT2D eigenvalue weighted by atomic mass is 15.0. The van der Waals surface area contributed by atoms with Crippen molar-refractivity contribution in [3.05, 3.63) is 159 Å². The van der Waals surface area contributed by atoms with E-state index >= 15 is 0 Å². The van der Waals surface area contributed by atoms with E-state index in [4.69, 9.17) is 9.97 Å². The van der Waals surface area contributed by atoms with Crippen molar-refractivity contribution < 1.29 is 0 Å². The molecule has 0 N–H and O–H groups in total. The third-order valence-corrected chi connectivity index (χ3v) is 23.0. The van der Waals surface area contributed by atoms with E-state index in [0.29, 0.717) is 11.8 Å². The Bertz CT molecular complexity index is 4430. The van der Waals surface area contributed by atoms with Crippen LogP contribution in [0.3, 0.4) is 0 Å². The molecule has 0 radical (unpaired) electrons. The lowest BCUT2D eigenvalue weighted by Gasteiger charge is -2.35. The Labute approximate surface area is 572 Å². The van der Waals surface area contributed by atoms with Gasteiger partial charge in [-0.25, -0.2) is 9.97 Å². The first-order valence-corrected chi connectivity index (χ1v) is 36.9. The first kappa shape index (κ1) is 65.6. The quantitative estimate of drug-likeness (QED) is 0.161. The molecule has 2 fully saturated rings. The van der Waals surface area contributed by atoms with Gasteiger partial charge in [0.25, 0.3) is 6.71 Å². The van der Waals surface area contributed by atoms with Gasteiger partial charge in [-0.3, -0.25) is 0 Å². The summed E-state index contributed by atoms with van der Waals surface area (Å²) >= 11 is 0. The summed E-state index contributed by atoms with van der Waals surface area (Å²) in [5.41, 5.74) is 30.5. The molecule has 5 heterocycles. The van der Waals surface area contributed by atoms with Crippen molar-refractivity contribution in [2.24, 2.45) is 0 Å². The Morgan fingerprint density at radius 1 is 0.326 bits per heavy atom. The number of nitrogens with zero attached hydrogens (tertiary/aromatic N) is 4. The maximum atomic E-state index is 6.02. The summed E-state index contributed by atoms with van der Waals surface area (Å²) in [4.78, 5) is 12.0. The highest BCUT2D eigenvalue weighted by molar-refractivity contribution is 7.00. The zero-order chi connectivity index (χ0) is 68.1. The Hall–Kier alpha value is -6.72. The van der Waals surface area contributed by atoms with Crippen molar-refractivity contribution in [3.8, 4) is 45.3 Å². The molecule has 494 valence electrons. The van der Waals surface area contributed by atoms with Gasteiger partial charge in [-0.2, -0.15) is 0 Å². The number of benzene rings is 7. The van der Waals surface area contributed by atoms with Crippen LogP contribution in [0.15, 0.2) is 103 Å². The molecule has 0 unspecified atom stereocenters. The van der Waals surface area contributed by atoms with Gasteiger partial charge >= 0.3 is 0 Å². The number of hydrogen-bond acceptors (Lipinski definition) is 2. The van der Waals surface area contributed by atoms with Gasteiger partial charge in [0.1, 0.15) is 0 Å². The first-order valence-electron chi connectivity index (χ1n) is 36.9. The molecule has 10 aromatic rings. The summed E-state index contributed by atoms with van der Waals surface area (Å²) in [6.07, 6.45) is 12.8. The predicted octanol–water partition coefficient (Wildman–Crippen LogP) is 23.3. The number of rotatable bonds is 5. The van der Waals surface area contributed by atoms with Crippen molar-refractivity contribution in [2.45, 2.75) is 286 Å². The molecular weight excluding hydrogens is 1150 g/mol. The maximum Gasteiger partial charge on any atom is 0.252 e. The van der Waals surface area contributed by atoms with Gasteiger partial charge in [0.05, 0.1) is 22.4 Å². The number of aromatic nitrogens is 4. The maximum absolute atomic E-state index is 6.02. The van der Waals surface area contributed by atoms with E-state index in [1.807, 2.05) is 0 Å². The zero-order valence-corrected chi connectivity index (χ0v) is 62.9. The molecule has 7 aromatic carbocycles. The number of fused-ring (bicyclic) bond motifs is 10. The molecule has 2 saturated carbocycles. The first-order chi connectivity index (χ1) is 44.1. The normalized spacial score (nSPS) is 16.3. The summed E-state index contributed by atoms with van der Waals surface area (Å²) in [5.74, 6) is 1.80. The van der Waals surface area contributed by atoms with E-state index in [2.05, 4.69) is 278 Å². The second-order valence-electron chi connectivity index (χ2n) is 38.6. The van der Waals surface area contributed by atoms with Crippen LogP contribution in [0, 0.1) is 0 Å². The molecule has 0 amide bonds. The van der Waals surface area contributed by atoms with Gasteiger partial charge in [-0.1, -0.05) is 241 Å². The molecule has 0 spiro atoms. The average molecular weight is 1260 g/mol. The van der Waals surface area contributed by atoms with Crippen LogP contribution >= 0.6 is 0 Å². The van der Waals surface area contributed by atoms with E-state index in [-0.39, 0.29) is 50.0 Å². The summed E-state index contributed by atoms with van der Waals surface area (Å²) in [7, 11) is 0.